The van der Waals surface area contributed by atoms with E-state index in [0.29, 0.717) is 4.47 Å². The summed E-state index contributed by atoms with van der Waals surface area (Å²) >= 11 is 3.26. The Morgan fingerprint density at radius 2 is 1.90 bits per heavy atom. The van der Waals surface area contributed by atoms with E-state index in [2.05, 4.69) is 34.7 Å². The van der Waals surface area contributed by atoms with Crippen LogP contribution in [0.25, 0.3) is 0 Å². The van der Waals surface area contributed by atoms with Crippen molar-refractivity contribution in [1.29, 1.82) is 0 Å². The number of halogens is 2. The van der Waals surface area contributed by atoms with Gasteiger partial charge >= 0.3 is 0 Å². The van der Waals surface area contributed by atoms with Gasteiger partial charge in [0.25, 0.3) is 0 Å². The first kappa shape index (κ1) is 16.9. The van der Waals surface area contributed by atoms with Crippen LogP contribution in [-0.2, 0) is 6.42 Å². The molecule has 0 aromatic heterocycles. The Balaban J connectivity index is 2.18. The van der Waals surface area contributed by atoms with Crippen LogP contribution in [-0.4, -0.2) is 29.6 Å². The van der Waals surface area contributed by atoms with Crippen LogP contribution in [0, 0.1) is 5.82 Å². The molecule has 0 aliphatic heterocycles. The quantitative estimate of drug-likeness (QED) is 0.830. The molecule has 1 aliphatic carbocycles. The predicted molar refractivity (Wildman–Crippen MR) is 89.9 cm³/mol. The molecule has 2 rings (SSSR count). The Morgan fingerprint density at radius 3 is 2.43 bits per heavy atom. The molecule has 1 aliphatic rings. The van der Waals surface area contributed by atoms with Crippen LogP contribution in [0.4, 0.5) is 4.39 Å². The Labute approximate surface area is 136 Å². The van der Waals surface area contributed by atoms with Crippen molar-refractivity contribution in [1.82, 2.24) is 4.90 Å². The summed E-state index contributed by atoms with van der Waals surface area (Å²) in [6.07, 6.45) is 5.68. The van der Waals surface area contributed by atoms with Gasteiger partial charge < -0.3 is 5.73 Å². The summed E-state index contributed by atoms with van der Waals surface area (Å²) in [7, 11) is 0. The number of hydrogen-bond donors (Lipinski definition) is 1. The second-order valence-corrected chi connectivity index (χ2v) is 6.90. The summed E-state index contributed by atoms with van der Waals surface area (Å²) in [4.78, 5) is 2.53. The highest BCUT2D eigenvalue weighted by Crippen LogP contribution is 2.38. The number of hydrogen-bond acceptors (Lipinski definition) is 2. The minimum atomic E-state index is -0.216. The van der Waals surface area contributed by atoms with Crippen molar-refractivity contribution in [2.24, 2.45) is 5.73 Å². The van der Waals surface area contributed by atoms with Gasteiger partial charge in [0.05, 0.1) is 4.47 Å². The molecule has 0 heterocycles. The van der Waals surface area contributed by atoms with E-state index >= 15 is 0 Å². The highest BCUT2D eigenvalue weighted by molar-refractivity contribution is 9.10. The maximum absolute atomic E-state index is 13.4. The highest BCUT2D eigenvalue weighted by Gasteiger charge is 2.43. The molecule has 21 heavy (non-hydrogen) atoms. The fourth-order valence-electron chi connectivity index (χ4n) is 3.87. The first-order valence-electron chi connectivity index (χ1n) is 7.98. The van der Waals surface area contributed by atoms with Gasteiger partial charge in [-0.25, -0.2) is 4.39 Å². The molecule has 1 atom stereocenters. The maximum Gasteiger partial charge on any atom is 0.137 e. The van der Waals surface area contributed by atoms with Crippen LogP contribution >= 0.6 is 15.9 Å². The van der Waals surface area contributed by atoms with Crippen molar-refractivity contribution < 1.29 is 4.39 Å². The number of nitrogens with zero attached hydrogens (tertiary/aromatic N) is 1. The molecule has 0 bridgehead atoms. The van der Waals surface area contributed by atoms with E-state index in [9.17, 15) is 4.39 Å². The van der Waals surface area contributed by atoms with E-state index in [1.165, 1.54) is 31.7 Å². The summed E-state index contributed by atoms with van der Waals surface area (Å²) in [6, 6.07) is 5.33. The van der Waals surface area contributed by atoms with Gasteiger partial charge in [-0.15, -0.1) is 0 Å². The lowest BCUT2D eigenvalue weighted by Crippen LogP contribution is -2.59. The van der Waals surface area contributed by atoms with Crippen LogP contribution in [0.5, 0.6) is 0 Å². The molecule has 118 valence electrons. The third-order valence-electron chi connectivity index (χ3n) is 4.99. The van der Waals surface area contributed by atoms with Gasteiger partial charge in [-0.1, -0.05) is 32.8 Å². The van der Waals surface area contributed by atoms with E-state index in [1.54, 1.807) is 0 Å². The van der Waals surface area contributed by atoms with Crippen molar-refractivity contribution in [3.8, 4) is 0 Å². The molecule has 0 saturated heterocycles. The van der Waals surface area contributed by atoms with E-state index in [0.717, 1.165) is 25.1 Å². The standard InChI is InChI=1S/C17H26BrFN2/c1-3-21(4-2)17(9-5-6-10-17)16(20)12-13-7-8-15(19)14(18)11-13/h7-8,11,16H,3-6,9-10,12,20H2,1-2H3. The molecule has 1 aromatic rings. The minimum Gasteiger partial charge on any atom is -0.326 e. The van der Waals surface area contributed by atoms with Crippen molar-refractivity contribution in [3.05, 3.63) is 34.1 Å². The van der Waals surface area contributed by atoms with E-state index in [-0.39, 0.29) is 17.4 Å². The lowest BCUT2D eigenvalue weighted by Gasteiger charge is -2.45. The second kappa shape index (κ2) is 7.21. The Morgan fingerprint density at radius 1 is 1.29 bits per heavy atom. The van der Waals surface area contributed by atoms with Gasteiger partial charge in [-0.3, -0.25) is 4.90 Å². The molecular weight excluding hydrogens is 331 g/mol. The fraction of sp³-hybridized carbons (Fsp3) is 0.647. The average Bonchev–Trinajstić information content (AvgIpc) is 2.95. The molecule has 2 N–H and O–H groups in total. The lowest BCUT2D eigenvalue weighted by atomic mass is 9.83. The summed E-state index contributed by atoms with van der Waals surface area (Å²) in [5.74, 6) is -0.216. The number of rotatable bonds is 6. The molecule has 0 amide bonds. The Bertz CT molecular complexity index is 468. The monoisotopic (exact) mass is 356 g/mol. The summed E-state index contributed by atoms with van der Waals surface area (Å²) < 4.78 is 13.9. The van der Waals surface area contributed by atoms with Gasteiger partial charge in [-0.05, 0) is 66.0 Å². The third kappa shape index (κ3) is 3.49. The van der Waals surface area contributed by atoms with Crippen molar-refractivity contribution in [2.75, 3.05) is 13.1 Å². The number of likely N-dealkylation sites (N-methyl/N-ethyl adjacent to an activating group) is 1. The third-order valence-corrected chi connectivity index (χ3v) is 5.60. The molecule has 1 aromatic carbocycles. The van der Waals surface area contributed by atoms with E-state index in [1.807, 2.05) is 12.1 Å². The lowest BCUT2D eigenvalue weighted by molar-refractivity contribution is 0.0771. The van der Waals surface area contributed by atoms with Gasteiger partial charge in [-0.2, -0.15) is 0 Å². The van der Waals surface area contributed by atoms with Gasteiger partial charge in [0.1, 0.15) is 5.82 Å². The van der Waals surface area contributed by atoms with Gasteiger partial charge in [0.15, 0.2) is 0 Å². The minimum absolute atomic E-state index is 0.0947. The average molecular weight is 357 g/mol. The number of benzene rings is 1. The number of nitrogens with two attached hydrogens (primary N) is 1. The van der Waals surface area contributed by atoms with Gasteiger partial charge in [0.2, 0.25) is 0 Å². The largest absolute Gasteiger partial charge is 0.326 e. The van der Waals surface area contributed by atoms with Crippen LogP contribution in [0.2, 0.25) is 0 Å². The van der Waals surface area contributed by atoms with Crippen LogP contribution in [0.15, 0.2) is 22.7 Å². The van der Waals surface area contributed by atoms with Crippen molar-refractivity contribution in [2.45, 2.75) is 57.5 Å². The zero-order valence-electron chi connectivity index (χ0n) is 13.0. The Hall–Kier alpha value is -0.450. The molecule has 1 saturated carbocycles. The van der Waals surface area contributed by atoms with E-state index in [4.69, 9.17) is 5.73 Å². The van der Waals surface area contributed by atoms with Crippen molar-refractivity contribution >= 4 is 15.9 Å². The van der Waals surface area contributed by atoms with Crippen molar-refractivity contribution in [3.63, 3.8) is 0 Å². The van der Waals surface area contributed by atoms with Gasteiger partial charge in [0, 0.05) is 11.6 Å². The summed E-state index contributed by atoms with van der Waals surface area (Å²) in [6.45, 7) is 6.50. The van der Waals surface area contributed by atoms with Crippen LogP contribution in [0.1, 0.15) is 45.1 Å². The zero-order valence-corrected chi connectivity index (χ0v) is 14.6. The zero-order chi connectivity index (χ0) is 15.5. The predicted octanol–water partition coefficient (Wildman–Crippen LogP) is 4.11. The summed E-state index contributed by atoms with van der Waals surface area (Å²) in [5, 5.41) is 0. The molecule has 1 fully saturated rings. The molecular formula is C17H26BrFN2. The Kier molecular flexibility index (Phi) is 5.81. The van der Waals surface area contributed by atoms with E-state index < -0.39 is 0 Å². The topological polar surface area (TPSA) is 29.3 Å². The molecule has 0 radical (unpaired) electrons. The first-order valence-corrected chi connectivity index (χ1v) is 8.77. The second-order valence-electron chi connectivity index (χ2n) is 6.04. The normalized spacial score (nSPS) is 19.1. The SMILES string of the molecule is CCN(CC)C1(C(N)Cc2ccc(F)c(Br)c2)CCCC1. The molecule has 0 spiro atoms. The maximum atomic E-state index is 13.4. The smallest absolute Gasteiger partial charge is 0.137 e. The highest BCUT2D eigenvalue weighted by atomic mass is 79.9. The first-order chi connectivity index (χ1) is 10.0. The van der Waals surface area contributed by atoms with Crippen LogP contribution in [0.3, 0.4) is 0 Å². The molecule has 4 heteroatoms. The summed E-state index contributed by atoms with van der Waals surface area (Å²) in [5.41, 5.74) is 7.86. The fourth-order valence-corrected chi connectivity index (χ4v) is 4.30. The van der Waals surface area contributed by atoms with Crippen LogP contribution < -0.4 is 5.73 Å². The molecule has 2 nitrogen and oxygen atoms in total. The molecule has 1 unspecified atom stereocenters.